The Morgan fingerprint density at radius 3 is 2.72 bits per heavy atom. The summed E-state index contributed by atoms with van der Waals surface area (Å²) in [5.74, 6) is 1.36. The molecule has 18 heavy (non-hydrogen) atoms. The van der Waals surface area contributed by atoms with Crippen molar-refractivity contribution in [1.29, 1.82) is 0 Å². The Kier molecular flexibility index (Phi) is 5.04. The molecule has 1 aliphatic rings. The Morgan fingerprint density at radius 2 is 2.11 bits per heavy atom. The first-order valence-electron chi connectivity index (χ1n) is 6.46. The molecule has 1 saturated heterocycles. The maximum atomic E-state index is 5.55. The van der Waals surface area contributed by atoms with E-state index in [2.05, 4.69) is 29.1 Å². The molecule has 100 valence electrons. The summed E-state index contributed by atoms with van der Waals surface area (Å²) >= 11 is 0. The number of ether oxygens (including phenoxy) is 2. The van der Waals surface area contributed by atoms with Crippen molar-refractivity contribution < 1.29 is 9.47 Å². The second-order valence-electron chi connectivity index (χ2n) is 4.91. The average molecular weight is 251 g/mol. The lowest BCUT2D eigenvalue weighted by Gasteiger charge is -2.21. The van der Waals surface area contributed by atoms with E-state index in [9.17, 15) is 0 Å². The second kappa shape index (κ2) is 6.78. The molecule has 1 aliphatic heterocycles. The highest BCUT2D eigenvalue weighted by Crippen LogP contribution is 2.16. The van der Waals surface area contributed by atoms with E-state index in [0.717, 1.165) is 18.7 Å². The van der Waals surface area contributed by atoms with Crippen molar-refractivity contribution in [3.8, 4) is 0 Å². The summed E-state index contributed by atoms with van der Waals surface area (Å²) < 4.78 is 10.9. The molecule has 1 fully saturated rings. The average Bonchev–Trinajstić information content (AvgIpc) is 2.40. The molecular weight excluding hydrogens is 230 g/mol. The molecule has 0 aliphatic carbocycles. The highest BCUT2D eigenvalue weighted by molar-refractivity contribution is 5.06. The predicted octanol–water partition coefficient (Wildman–Crippen LogP) is 1.31. The van der Waals surface area contributed by atoms with Crippen LogP contribution in [0.3, 0.4) is 0 Å². The van der Waals surface area contributed by atoms with Gasteiger partial charge in [0.15, 0.2) is 5.82 Å². The Labute approximate surface area is 108 Å². The lowest BCUT2D eigenvalue weighted by atomic mass is 10.2. The molecule has 0 radical (unpaired) electrons. The van der Waals surface area contributed by atoms with Crippen LogP contribution in [-0.2, 0) is 16.0 Å². The Hall–Kier alpha value is -1.04. The van der Waals surface area contributed by atoms with E-state index in [4.69, 9.17) is 9.47 Å². The fourth-order valence-electron chi connectivity index (χ4n) is 1.76. The molecule has 0 bridgehead atoms. The summed E-state index contributed by atoms with van der Waals surface area (Å²) in [4.78, 5) is 8.69. The van der Waals surface area contributed by atoms with Gasteiger partial charge in [0.25, 0.3) is 0 Å². The van der Waals surface area contributed by atoms with E-state index in [1.165, 1.54) is 0 Å². The van der Waals surface area contributed by atoms with E-state index in [1.807, 2.05) is 12.4 Å². The van der Waals surface area contributed by atoms with Gasteiger partial charge in [0.1, 0.15) is 6.10 Å². The zero-order valence-corrected chi connectivity index (χ0v) is 11.1. The van der Waals surface area contributed by atoms with Crippen LogP contribution in [0.2, 0.25) is 0 Å². The summed E-state index contributed by atoms with van der Waals surface area (Å²) in [5, 5.41) is 3.36. The standard InChI is InChI=1S/C13H21N3O2/c1-10(2)5-14-6-11-7-15-13(16-8-11)12-9-17-3-4-18-12/h7-8,10,12,14H,3-6,9H2,1-2H3. The van der Waals surface area contributed by atoms with Gasteiger partial charge in [-0.3, -0.25) is 0 Å². The number of nitrogens with zero attached hydrogens (tertiary/aromatic N) is 2. The zero-order valence-electron chi connectivity index (χ0n) is 11.1. The fraction of sp³-hybridized carbons (Fsp3) is 0.692. The maximum Gasteiger partial charge on any atom is 0.159 e. The van der Waals surface area contributed by atoms with Crippen molar-refractivity contribution in [2.75, 3.05) is 26.4 Å². The van der Waals surface area contributed by atoms with Gasteiger partial charge >= 0.3 is 0 Å². The highest BCUT2D eigenvalue weighted by Gasteiger charge is 2.18. The van der Waals surface area contributed by atoms with Crippen molar-refractivity contribution in [3.05, 3.63) is 23.8 Å². The number of rotatable bonds is 5. The largest absolute Gasteiger partial charge is 0.376 e. The number of nitrogens with one attached hydrogen (secondary N) is 1. The normalized spacial score (nSPS) is 20.3. The predicted molar refractivity (Wildman–Crippen MR) is 68.1 cm³/mol. The van der Waals surface area contributed by atoms with Gasteiger partial charge < -0.3 is 14.8 Å². The summed E-state index contributed by atoms with van der Waals surface area (Å²) in [6.45, 7) is 8.01. The molecule has 0 saturated carbocycles. The topological polar surface area (TPSA) is 56.3 Å². The molecule has 1 atom stereocenters. The van der Waals surface area contributed by atoms with E-state index in [-0.39, 0.29) is 6.10 Å². The maximum absolute atomic E-state index is 5.55. The van der Waals surface area contributed by atoms with Crippen molar-refractivity contribution in [2.45, 2.75) is 26.5 Å². The van der Waals surface area contributed by atoms with Crippen LogP contribution >= 0.6 is 0 Å². The van der Waals surface area contributed by atoms with E-state index < -0.39 is 0 Å². The third-order valence-corrected chi connectivity index (χ3v) is 2.71. The van der Waals surface area contributed by atoms with Crippen LogP contribution in [0.1, 0.15) is 31.3 Å². The third kappa shape index (κ3) is 4.01. The fourth-order valence-corrected chi connectivity index (χ4v) is 1.76. The minimum Gasteiger partial charge on any atom is -0.376 e. The van der Waals surface area contributed by atoms with Crippen LogP contribution in [0.5, 0.6) is 0 Å². The summed E-state index contributed by atoms with van der Waals surface area (Å²) in [7, 11) is 0. The molecule has 2 rings (SSSR count). The Morgan fingerprint density at radius 1 is 1.33 bits per heavy atom. The molecular formula is C13H21N3O2. The van der Waals surface area contributed by atoms with E-state index >= 15 is 0 Å². The van der Waals surface area contributed by atoms with E-state index in [1.54, 1.807) is 0 Å². The number of hydrogen-bond donors (Lipinski definition) is 1. The molecule has 0 spiro atoms. The molecule has 5 heteroatoms. The minimum absolute atomic E-state index is 0.114. The molecule has 1 unspecified atom stereocenters. The Balaban J connectivity index is 1.84. The smallest absolute Gasteiger partial charge is 0.159 e. The zero-order chi connectivity index (χ0) is 12.8. The molecule has 0 amide bonds. The highest BCUT2D eigenvalue weighted by atomic mass is 16.6. The van der Waals surface area contributed by atoms with Gasteiger partial charge in [-0.2, -0.15) is 0 Å². The van der Waals surface area contributed by atoms with Gasteiger partial charge in [0.05, 0.1) is 19.8 Å². The summed E-state index contributed by atoms with van der Waals surface area (Å²) in [6.07, 6.45) is 3.60. The van der Waals surface area contributed by atoms with Crippen LogP contribution in [0.15, 0.2) is 12.4 Å². The lowest BCUT2D eigenvalue weighted by Crippen LogP contribution is -2.24. The quantitative estimate of drug-likeness (QED) is 0.855. The van der Waals surface area contributed by atoms with Crippen molar-refractivity contribution >= 4 is 0 Å². The second-order valence-corrected chi connectivity index (χ2v) is 4.91. The van der Waals surface area contributed by atoms with Crippen LogP contribution in [0.4, 0.5) is 0 Å². The van der Waals surface area contributed by atoms with Crippen LogP contribution < -0.4 is 5.32 Å². The van der Waals surface area contributed by atoms with Gasteiger partial charge in [-0.15, -0.1) is 0 Å². The first kappa shape index (κ1) is 13.4. The Bertz CT molecular complexity index is 348. The SMILES string of the molecule is CC(C)CNCc1cnc(C2COCCO2)nc1. The summed E-state index contributed by atoms with van der Waals surface area (Å²) in [5.41, 5.74) is 1.09. The van der Waals surface area contributed by atoms with Crippen molar-refractivity contribution in [3.63, 3.8) is 0 Å². The minimum atomic E-state index is -0.114. The van der Waals surface area contributed by atoms with Crippen LogP contribution in [0, 0.1) is 5.92 Å². The van der Waals surface area contributed by atoms with Gasteiger partial charge in [-0.25, -0.2) is 9.97 Å². The third-order valence-electron chi connectivity index (χ3n) is 2.71. The van der Waals surface area contributed by atoms with Gasteiger partial charge in [-0.05, 0) is 12.5 Å². The van der Waals surface area contributed by atoms with Gasteiger partial charge in [0.2, 0.25) is 0 Å². The van der Waals surface area contributed by atoms with Crippen molar-refractivity contribution in [2.24, 2.45) is 5.92 Å². The van der Waals surface area contributed by atoms with Gasteiger partial charge in [-0.1, -0.05) is 13.8 Å². The number of hydrogen-bond acceptors (Lipinski definition) is 5. The first-order chi connectivity index (χ1) is 8.75. The van der Waals surface area contributed by atoms with Crippen molar-refractivity contribution in [1.82, 2.24) is 15.3 Å². The van der Waals surface area contributed by atoms with Crippen LogP contribution in [0.25, 0.3) is 0 Å². The molecule has 2 heterocycles. The number of aromatic nitrogens is 2. The monoisotopic (exact) mass is 251 g/mol. The lowest BCUT2D eigenvalue weighted by molar-refractivity contribution is -0.0935. The van der Waals surface area contributed by atoms with Crippen LogP contribution in [-0.4, -0.2) is 36.3 Å². The molecule has 1 N–H and O–H groups in total. The molecule has 1 aromatic rings. The summed E-state index contributed by atoms with van der Waals surface area (Å²) in [6, 6.07) is 0. The molecule has 1 aromatic heterocycles. The van der Waals surface area contributed by atoms with Gasteiger partial charge in [0, 0.05) is 24.5 Å². The molecule has 5 nitrogen and oxygen atoms in total. The first-order valence-corrected chi connectivity index (χ1v) is 6.46. The van der Waals surface area contributed by atoms with E-state index in [0.29, 0.717) is 31.6 Å². The molecule has 0 aromatic carbocycles.